The lowest BCUT2D eigenvalue weighted by molar-refractivity contribution is 0.628. The van der Waals surface area contributed by atoms with E-state index < -0.39 is 0 Å². The average Bonchev–Trinajstić information content (AvgIpc) is 1.97. The molecule has 0 aliphatic heterocycles. The third kappa shape index (κ3) is 5.54. The van der Waals surface area contributed by atoms with Gasteiger partial charge in [0.15, 0.2) is 0 Å². The summed E-state index contributed by atoms with van der Waals surface area (Å²) >= 11 is 0. The number of hydrogen-bond donors (Lipinski definition) is 1. The van der Waals surface area contributed by atoms with Crippen LogP contribution in [0.4, 0.5) is 0 Å². The van der Waals surface area contributed by atoms with Gasteiger partial charge in [0, 0.05) is 12.6 Å². The highest BCUT2D eigenvalue weighted by Gasteiger charge is 1.98. The fraction of sp³-hybridized carbons (Fsp3) is 0.600. The molecule has 1 nitrogen and oxygen atoms in total. The van der Waals surface area contributed by atoms with E-state index in [0.29, 0.717) is 5.92 Å². The minimum atomic E-state index is 0.709. The van der Waals surface area contributed by atoms with Crippen LogP contribution in [0.2, 0.25) is 0 Å². The Morgan fingerprint density at radius 3 is 2.64 bits per heavy atom. The maximum atomic E-state index is 5.07. The van der Waals surface area contributed by atoms with Gasteiger partial charge in [-0.05, 0) is 19.3 Å². The van der Waals surface area contributed by atoms with E-state index in [1.165, 1.54) is 5.57 Å². The Morgan fingerprint density at radius 1 is 1.64 bits per heavy atom. The van der Waals surface area contributed by atoms with Gasteiger partial charge in [-0.1, -0.05) is 31.9 Å². The summed E-state index contributed by atoms with van der Waals surface area (Å²) in [5.74, 6) is 0.709. The van der Waals surface area contributed by atoms with Gasteiger partial charge < -0.3 is 5.32 Å². The van der Waals surface area contributed by atoms with E-state index in [2.05, 4.69) is 38.2 Å². The van der Waals surface area contributed by atoms with Gasteiger partial charge >= 0.3 is 0 Å². The summed E-state index contributed by atoms with van der Waals surface area (Å²) in [6.07, 6.45) is 8.33. The van der Waals surface area contributed by atoms with Crippen LogP contribution in [0.25, 0.3) is 0 Å². The largest absolute Gasteiger partial charge is 0.342 e. The van der Waals surface area contributed by atoms with E-state index >= 15 is 0 Å². The second kappa shape index (κ2) is 5.85. The lowest BCUT2D eigenvalue weighted by Gasteiger charge is -2.08. The summed E-state index contributed by atoms with van der Waals surface area (Å²) in [4.78, 5) is 0. The molecule has 0 aliphatic carbocycles. The molecular formula is C10H17N. The molecule has 0 aliphatic rings. The Kier molecular flexibility index (Phi) is 5.37. The molecule has 0 bridgehead atoms. The molecule has 1 heteroatoms. The molecule has 0 radical (unpaired) electrons. The van der Waals surface area contributed by atoms with Gasteiger partial charge in [-0.3, -0.25) is 0 Å². The van der Waals surface area contributed by atoms with Crippen molar-refractivity contribution in [2.45, 2.75) is 27.2 Å². The maximum Gasteiger partial charge on any atom is 0.0439 e. The number of hydrogen-bond acceptors (Lipinski definition) is 1. The molecule has 0 fully saturated rings. The van der Waals surface area contributed by atoms with Crippen molar-refractivity contribution in [1.29, 1.82) is 0 Å². The molecule has 0 atom stereocenters. The zero-order valence-corrected chi connectivity index (χ0v) is 7.65. The first-order valence-electron chi connectivity index (χ1n) is 4.03. The van der Waals surface area contributed by atoms with Gasteiger partial charge in [0.05, 0.1) is 0 Å². The van der Waals surface area contributed by atoms with Gasteiger partial charge in [-0.25, -0.2) is 0 Å². The third-order valence-corrected chi connectivity index (χ3v) is 1.50. The van der Waals surface area contributed by atoms with Crippen LogP contribution >= 0.6 is 0 Å². The Bertz CT molecular complexity index is 160. The first kappa shape index (κ1) is 10.1. The molecule has 0 aromatic heterocycles. The normalized spacial score (nSPS) is 11.4. The van der Waals surface area contributed by atoms with Crippen molar-refractivity contribution in [3.63, 3.8) is 0 Å². The van der Waals surface area contributed by atoms with Crippen LogP contribution in [0, 0.1) is 18.4 Å². The van der Waals surface area contributed by atoms with Gasteiger partial charge in [-0.2, -0.15) is 0 Å². The van der Waals surface area contributed by atoms with E-state index in [0.717, 1.165) is 13.0 Å². The van der Waals surface area contributed by atoms with Crippen LogP contribution in [-0.2, 0) is 0 Å². The van der Waals surface area contributed by atoms with Gasteiger partial charge in [-0.15, -0.1) is 0 Å². The standard InChI is InChI=1S/C10H17N/c1-5-10(7-9(3)4)8-11-6-2/h2,5,9,11H,7-8H2,1,3-4H3/b10-5+. The van der Waals surface area contributed by atoms with Gasteiger partial charge in [0.2, 0.25) is 0 Å². The topological polar surface area (TPSA) is 12.0 Å². The Morgan fingerprint density at radius 2 is 2.27 bits per heavy atom. The van der Waals surface area contributed by atoms with Crippen molar-refractivity contribution in [3.05, 3.63) is 11.6 Å². The van der Waals surface area contributed by atoms with Crippen LogP contribution in [0.5, 0.6) is 0 Å². The minimum Gasteiger partial charge on any atom is -0.342 e. The van der Waals surface area contributed by atoms with E-state index in [4.69, 9.17) is 6.42 Å². The van der Waals surface area contributed by atoms with Crippen LogP contribution < -0.4 is 5.32 Å². The van der Waals surface area contributed by atoms with Crippen molar-refractivity contribution in [2.24, 2.45) is 5.92 Å². The highest BCUT2D eigenvalue weighted by molar-refractivity contribution is 5.05. The summed E-state index contributed by atoms with van der Waals surface area (Å²) in [5, 5.41) is 2.86. The van der Waals surface area contributed by atoms with Crippen LogP contribution in [0.3, 0.4) is 0 Å². The van der Waals surface area contributed by atoms with Crippen LogP contribution in [0.1, 0.15) is 27.2 Å². The second-order valence-corrected chi connectivity index (χ2v) is 3.04. The van der Waals surface area contributed by atoms with Gasteiger partial charge in [0.25, 0.3) is 0 Å². The molecule has 0 heterocycles. The fourth-order valence-electron chi connectivity index (χ4n) is 0.981. The fourth-order valence-corrected chi connectivity index (χ4v) is 0.981. The number of nitrogens with one attached hydrogen (secondary N) is 1. The molecule has 0 amide bonds. The predicted octanol–water partition coefficient (Wildman–Crippen LogP) is 2.16. The van der Waals surface area contributed by atoms with Crippen LogP contribution in [0.15, 0.2) is 11.6 Å². The Balaban J connectivity index is 3.71. The Hall–Kier alpha value is -0.900. The zero-order chi connectivity index (χ0) is 8.69. The zero-order valence-electron chi connectivity index (χ0n) is 7.65. The minimum absolute atomic E-state index is 0.709. The first-order chi connectivity index (χ1) is 5.20. The van der Waals surface area contributed by atoms with Crippen molar-refractivity contribution in [3.8, 4) is 12.5 Å². The van der Waals surface area contributed by atoms with E-state index in [-0.39, 0.29) is 0 Å². The summed E-state index contributed by atoms with van der Waals surface area (Å²) in [6, 6.07) is 2.41. The van der Waals surface area contributed by atoms with E-state index in [9.17, 15) is 0 Å². The number of terminal acetylenes is 1. The molecule has 0 unspecified atom stereocenters. The molecule has 0 rings (SSSR count). The summed E-state index contributed by atoms with van der Waals surface area (Å²) in [7, 11) is 0. The smallest absolute Gasteiger partial charge is 0.0439 e. The third-order valence-electron chi connectivity index (χ3n) is 1.50. The van der Waals surface area contributed by atoms with Crippen molar-refractivity contribution >= 4 is 0 Å². The molecule has 0 aromatic carbocycles. The molecule has 0 saturated carbocycles. The SMILES string of the molecule is C#CNC/C(=C/C)CC(C)C. The summed E-state index contributed by atoms with van der Waals surface area (Å²) in [6.45, 7) is 7.29. The lowest BCUT2D eigenvalue weighted by Crippen LogP contribution is -2.11. The average molecular weight is 151 g/mol. The first-order valence-corrected chi connectivity index (χ1v) is 4.03. The maximum absolute atomic E-state index is 5.07. The molecule has 0 saturated heterocycles. The lowest BCUT2D eigenvalue weighted by atomic mass is 10.0. The van der Waals surface area contributed by atoms with Crippen LogP contribution in [-0.4, -0.2) is 6.54 Å². The number of rotatable bonds is 4. The second-order valence-electron chi connectivity index (χ2n) is 3.04. The molecule has 11 heavy (non-hydrogen) atoms. The van der Waals surface area contributed by atoms with Gasteiger partial charge in [0.1, 0.15) is 0 Å². The molecular weight excluding hydrogens is 134 g/mol. The van der Waals surface area contributed by atoms with E-state index in [1.54, 1.807) is 0 Å². The van der Waals surface area contributed by atoms with Crippen molar-refractivity contribution in [2.75, 3.05) is 6.54 Å². The monoisotopic (exact) mass is 151 g/mol. The quantitative estimate of drug-likeness (QED) is 0.369. The highest BCUT2D eigenvalue weighted by atomic mass is 14.8. The molecule has 62 valence electrons. The number of allylic oxidation sites excluding steroid dienone is 1. The molecule has 0 spiro atoms. The highest BCUT2D eigenvalue weighted by Crippen LogP contribution is 2.08. The molecule has 1 N–H and O–H groups in total. The Labute approximate surface area is 69.9 Å². The van der Waals surface area contributed by atoms with Crippen molar-refractivity contribution in [1.82, 2.24) is 5.32 Å². The van der Waals surface area contributed by atoms with Crippen molar-refractivity contribution < 1.29 is 0 Å². The molecule has 0 aromatic rings. The summed E-state index contributed by atoms with van der Waals surface area (Å²) in [5.41, 5.74) is 1.39. The summed E-state index contributed by atoms with van der Waals surface area (Å²) < 4.78 is 0. The predicted molar refractivity (Wildman–Crippen MR) is 50.0 cm³/mol. The van der Waals surface area contributed by atoms with E-state index in [1.807, 2.05) is 0 Å².